The predicted octanol–water partition coefficient (Wildman–Crippen LogP) is 2.44. The molecule has 14 heavy (non-hydrogen) atoms. The Hall–Kier alpha value is -0.0800. The molecule has 1 aliphatic carbocycles. The molecule has 2 nitrogen and oxygen atoms in total. The lowest BCUT2D eigenvalue weighted by Gasteiger charge is -2.30. The van der Waals surface area contributed by atoms with Crippen LogP contribution >= 0.6 is 0 Å². The third-order valence-electron chi connectivity index (χ3n) is 3.39. The largest absolute Gasteiger partial charge is 0.384 e. The van der Waals surface area contributed by atoms with Crippen LogP contribution in [0.1, 0.15) is 39.0 Å². The Balaban J connectivity index is 2.15. The lowest BCUT2D eigenvalue weighted by atomic mass is 9.79. The van der Waals surface area contributed by atoms with Gasteiger partial charge in [-0.2, -0.15) is 0 Å². The van der Waals surface area contributed by atoms with E-state index in [1.54, 1.807) is 7.11 Å². The summed E-state index contributed by atoms with van der Waals surface area (Å²) in [6.07, 6.45) is 6.98. The van der Waals surface area contributed by atoms with Crippen molar-refractivity contribution in [2.24, 2.45) is 11.8 Å². The molecule has 1 saturated carbocycles. The van der Waals surface area contributed by atoms with Crippen molar-refractivity contribution < 1.29 is 4.74 Å². The van der Waals surface area contributed by atoms with Gasteiger partial charge in [-0.05, 0) is 31.7 Å². The van der Waals surface area contributed by atoms with Crippen LogP contribution in [0.5, 0.6) is 0 Å². The molecule has 0 saturated heterocycles. The van der Waals surface area contributed by atoms with Crippen molar-refractivity contribution in [2.45, 2.75) is 45.1 Å². The summed E-state index contributed by atoms with van der Waals surface area (Å²) in [5, 5.41) is 3.43. The van der Waals surface area contributed by atoms with E-state index < -0.39 is 0 Å². The summed E-state index contributed by atoms with van der Waals surface area (Å²) in [5.74, 6) is 1.68. The van der Waals surface area contributed by atoms with Crippen LogP contribution in [0.4, 0.5) is 0 Å². The molecule has 1 aliphatic rings. The van der Waals surface area contributed by atoms with E-state index in [0.29, 0.717) is 12.0 Å². The van der Waals surface area contributed by atoms with Crippen molar-refractivity contribution in [3.63, 3.8) is 0 Å². The fourth-order valence-corrected chi connectivity index (χ4v) is 2.30. The Morgan fingerprint density at radius 2 is 2.14 bits per heavy atom. The molecule has 0 aromatic rings. The van der Waals surface area contributed by atoms with Crippen LogP contribution in [0.2, 0.25) is 0 Å². The third kappa shape index (κ3) is 3.97. The van der Waals surface area contributed by atoms with Gasteiger partial charge in [-0.1, -0.05) is 26.2 Å². The van der Waals surface area contributed by atoms with E-state index in [1.165, 1.54) is 32.1 Å². The first-order chi connectivity index (χ1) is 6.76. The van der Waals surface area contributed by atoms with Gasteiger partial charge < -0.3 is 10.1 Å². The summed E-state index contributed by atoms with van der Waals surface area (Å²) in [5.41, 5.74) is 0. The van der Waals surface area contributed by atoms with Crippen molar-refractivity contribution >= 4 is 0 Å². The number of methoxy groups -OCH3 is 1. The average Bonchev–Trinajstić information content (AvgIpc) is 2.09. The van der Waals surface area contributed by atoms with Gasteiger partial charge in [0, 0.05) is 19.8 Å². The maximum atomic E-state index is 5.17. The van der Waals surface area contributed by atoms with Crippen molar-refractivity contribution in [1.29, 1.82) is 0 Å². The van der Waals surface area contributed by atoms with Crippen molar-refractivity contribution in [3.8, 4) is 0 Å². The Morgan fingerprint density at radius 3 is 2.57 bits per heavy atom. The van der Waals surface area contributed by atoms with Gasteiger partial charge in [-0.25, -0.2) is 0 Å². The molecule has 1 fully saturated rings. The monoisotopic (exact) mass is 199 g/mol. The van der Waals surface area contributed by atoms with Gasteiger partial charge in [0.05, 0.1) is 0 Å². The molecule has 0 aromatic heterocycles. The van der Waals surface area contributed by atoms with E-state index in [2.05, 4.69) is 19.3 Å². The summed E-state index contributed by atoms with van der Waals surface area (Å²) in [7, 11) is 3.87. The summed E-state index contributed by atoms with van der Waals surface area (Å²) in [4.78, 5) is 0. The summed E-state index contributed by atoms with van der Waals surface area (Å²) in [6, 6.07) is 0.699. The van der Waals surface area contributed by atoms with Crippen LogP contribution in [0.25, 0.3) is 0 Å². The van der Waals surface area contributed by atoms with Crippen LogP contribution in [0.15, 0.2) is 0 Å². The fraction of sp³-hybridized carbons (Fsp3) is 1.00. The molecule has 0 amide bonds. The second-order valence-electron chi connectivity index (χ2n) is 4.81. The van der Waals surface area contributed by atoms with E-state index in [9.17, 15) is 0 Å². The van der Waals surface area contributed by atoms with Gasteiger partial charge in [0.15, 0.2) is 0 Å². The Kier molecular flexibility index (Phi) is 5.49. The molecule has 84 valence electrons. The highest BCUT2D eigenvalue weighted by Gasteiger charge is 2.22. The zero-order valence-electron chi connectivity index (χ0n) is 9.88. The molecule has 0 heterocycles. The molecule has 2 heteroatoms. The van der Waals surface area contributed by atoms with Crippen LogP contribution in [-0.4, -0.2) is 26.8 Å². The van der Waals surface area contributed by atoms with E-state index in [1.807, 2.05) is 0 Å². The smallest absolute Gasteiger partial charge is 0.0488 e. The molecular formula is C12H25NO. The van der Waals surface area contributed by atoms with E-state index in [4.69, 9.17) is 4.74 Å². The summed E-state index contributed by atoms with van der Waals surface area (Å²) >= 11 is 0. The van der Waals surface area contributed by atoms with E-state index in [-0.39, 0.29) is 0 Å². The van der Waals surface area contributed by atoms with Crippen molar-refractivity contribution in [1.82, 2.24) is 5.32 Å². The maximum absolute atomic E-state index is 5.17. The van der Waals surface area contributed by atoms with Gasteiger partial charge in [-0.15, -0.1) is 0 Å². The minimum Gasteiger partial charge on any atom is -0.384 e. The Bertz CT molecular complexity index is 145. The van der Waals surface area contributed by atoms with Crippen molar-refractivity contribution in [3.05, 3.63) is 0 Å². The molecule has 2 atom stereocenters. The number of nitrogens with one attached hydrogen (secondary N) is 1. The van der Waals surface area contributed by atoms with Gasteiger partial charge in [0.1, 0.15) is 0 Å². The van der Waals surface area contributed by atoms with Gasteiger partial charge in [0.25, 0.3) is 0 Å². The molecule has 0 bridgehead atoms. The quantitative estimate of drug-likeness (QED) is 0.680. The highest BCUT2D eigenvalue weighted by Crippen LogP contribution is 2.31. The lowest BCUT2D eigenvalue weighted by molar-refractivity contribution is 0.144. The van der Waals surface area contributed by atoms with Gasteiger partial charge >= 0.3 is 0 Å². The molecule has 0 spiro atoms. The Morgan fingerprint density at radius 1 is 1.43 bits per heavy atom. The second-order valence-corrected chi connectivity index (χ2v) is 4.81. The maximum Gasteiger partial charge on any atom is 0.0488 e. The lowest BCUT2D eigenvalue weighted by Crippen LogP contribution is -2.32. The van der Waals surface area contributed by atoms with Crippen LogP contribution in [0.3, 0.4) is 0 Å². The molecule has 1 N–H and O–H groups in total. The molecule has 2 unspecified atom stereocenters. The predicted molar refractivity (Wildman–Crippen MR) is 60.5 cm³/mol. The van der Waals surface area contributed by atoms with E-state index in [0.717, 1.165) is 12.5 Å². The minimum absolute atomic E-state index is 0.678. The topological polar surface area (TPSA) is 21.3 Å². The number of hydrogen-bond donors (Lipinski definition) is 1. The molecule has 0 radical (unpaired) electrons. The fourth-order valence-electron chi connectivity index (χ4n) is 2.30. The molecule has 0 aliphatic heterocycles. The zero-order chi connectivity index (χ0) is 10.4. The van der Waals surface area contributed by atoms with Crippen LogP contribution in [0, 0.1) is 11.8 Å². The normalized spacial score (nSPS) is 21.6. The van der Waals surface area contributed by atoms with Gasteiger partial charge in [0.2, 0.25) is 0 Å². The zero-order valence-corrected chi connectivity index (χ0v) is 9.88. The van der Waals surface area contributed by atoms with Crippen molar-refractivity contribution in [2.75, 3.05) is 20.8 Å². The number of ether oxygens (including phenoxy) is 1. The minimum atomic E-state index is 0.678. The third-order valence-corrected chi connectivity index (χ3v) is 3.39. The first-order valence-corrected chi connectivity index (χ1v) is 5.92. The van der Waals surface area contributed by atoms with Crippen LogP contribution < -0.4 is 5.32 Å². The standard InChI is InChI=1S/C12H25NO/c1-10(9-14-3)7-12(13-2)8-11-5-4-6-11/h10-13H,4-9H2,1-3H3. The first-order valence-electron chi connectivity index (χ1n) is 5.92. The average molecular weight is 199 g/mol. The Labute approximate surface area is 88.4 Å². The highest BCUT2D eigenvalue weighted by atomic mass is 16.5. The van der Waals surface area contributed by atoms with E-state index >= 15 is 0 Å². The number of rotatable bonds is 7. The van der Waals surface area contributed by atoms with Gasteiger partial charge in [-0.3, -0.25) is 0 Å². The van der Waals surface area contributed by atoms with Crippen LogP contribution in [-0.2, 0) is 4.74 Å². The highest BCUT2D eigenvalue weighted by molar-refractivity contribution is 4.77. The summed E-state index contributed by atoms with van der Waals surface area (Å²) in [6.45, 7) is 3.16. The first kappa shape index (κ1) is 12.0. The number of hydrogen-bond acceptors (Lipinski definition) is 2. The molecule has 1 rings (SSSR count). The molecule has 0 aromatic carbocycles. The SMILES string of the molecule is CNC(CC(C)COC)CC1CCC1. The molecular weight excluding hydrogens is 174 g/mol. The summed E-state index contributed by atoms with van der Waals surface area (Å²) < 4.78 is 5.17. The second kappa shape index (κ2) is 6.41.